The van der Waals surface area contributed by atoms with E-state index in [0.717, 1.165) is 12.3 Å². The molecule has 16 heavy (non-hydrogen) atoms. The van der Waals surface area contributed by atoms with Crippen molar-refractivity contribution in [1.29, 1.82) is 0 Å². The Morgan fingerprint density at radius 2 is 1.88 bits per heavy atom. The first-order valence-electron chi connectivity index (χ1n) is 6.42. The smallest absolute Gasteiger partial charge is 0.0156 e. The summed E-state index contributed by atoms with van der Waals surface area (Å²) in [6.07, 6.45) is 5.19. The highest BCUT2D eigenvalue weighted by Crippen LogP contribution is 2.40. The van der Waals surface area contributed by atoms with Gasteiger partial charge < -0.3 is 0 Å². The van der Waals surface area contributed by atoms with Gasteiger partial charge in [0, 0.05) is 0 Å². The molecule has 1 aliphatic carbocycles. The lowest BCUT2D eigenvalue weighted by molar-refractivity contribution is 0.419. The Labute approximate surface area is 99.4 Å². The van der Waals surface area contributed by atoms with Gasteiger partial charge in [0.2, 0.25) is 0 Å². The predicted molar refractivity (Wildman–Crippen MR) is 71.8 cm³/mol. The Morgan fingerprint density at radius 1 is 1.25 bits per heavy atom. The van der Waals surface area contributed by atoms with Crippen molar-refractivity contribution in [2.75, 3.05) is 0 Å². The second-order valence-electron chi connectivity index (χ2n) is 5.11. The summed E-state index contributed by atoms with van der Waals surface area (Å²) in [5.41, 5.74) is 7.10. The zero-order valence-corrected chi connectivity index (χ0v) is 10.8. The van der Waals surface area contributed by atoms with E-state index < -0.39 is 0 Å². The molecular weight excluding hydrogens is 192 g/mol. The lowest BCUT2D eigenvalue weighted by Crippen LogP contribution is -2.11. The highest BCUT2D eigenvalue weighted by molar-refractivity contribution is 5.68. The van der Waals surface area contributed by atoms with Crippen LogP contribution < -0.4 is 0 Å². The van der Waals surface area contributed by atoms with Crippen LogP contribution in [0.25, 0.3) is 5.57 Å². The summed E-state index contributed by atoms with van der Waals surface area (Å²) in [6, 6.07) is 4.74. The number of benzene rings is 1. The third-order valence-corrected chi connectivity index (χ3v) is 4.02. The molecule has 0 nitrogen and oxygen atoms in total. The van der Waals surface area contributed by atoms with Crippen LogP contribution in [0.15, 0.2) is 18.7 Å². The fourth-order valence-electron chi connectivity index (χ4n) is 2.39. The Bertz CT molecular complexity index is 408. The van der Waals surface area contributed by atoms with Crippen LogP contribution in [-0.2, 0) is 0 Å². The average Bonchev–Trinajstić information content (AvgIpc) is 2.19. The summed E-state index contributed by atoms with van der Waals surface area (Å²) >= 11 is 0. The van der Waals surface area contributed by atoms with Gasteiger partial charge in [-0.25, -0.2) is 0 Å². The third-order valence-electron chi connectivity index (χ3n) is 4.02. The normalized spacial score (nSPS) is 15.9. The van der Waals surface area contributed by atoms with Crippen LogP contribution in [0.4, 0.5) is 0 Å². The average molecular weight is 214 g/mol. The van der Waals surface area contributed by atoms with Gasteiger partial charge in [-0.2, -0.15) is 0 Å². The summed E-state index contributed by atoms with van der Waals surface area (Å²) in [5.74, 6) is 0.803. The van der Waals surface area contributed by atoms with E-state index in [1.165, 1.54) is 41.5 Å². The summed E-state index contributed by atoms with van der Waals surface area (Å²) in [6.45, 7) is 10.8. The standard InChI is InChI=1S/C16H22/c1-5-11(2)15-9-12(3)13(4)10-16(15)14-7-6-8-14/h9-10,14H,2,5-8H2,1,3-4H3. The second-order valence-corrected chi connectivity index (χ2v) is 5.11. The van der Waals surface area contributed by atoms with E-state index in [1.54, 1.807) is 5.56 Å². The fraction of sp³-hybridized carbons (Fsp3) is 0.500. The van der Waals surface area contributed by atoms with Gasteiger partial charge in [0.25, 0.3) is 0 Å². The molecule has 1 fully saturated rings. The van der Waals surface area contributed by atoms with Gasteiger partial charge in [0.15, 0.2) is 0 Å². The van der Waals surface area contributed by atoms with Crippen LogP contribution >= 0.6 is 0 Å². The first-order valence-corrected chi connectivity index (χ1v) is 6.42. The topological polar surface area (TPSA) is 0 Å². The van der Waals surface area contributed by atoms with Gasteiger partial charge in [-0.1, -0.05) is 32.1 Å². The fourth-order valence-corrected chi connectivity index (χ4v) is 2.39. The molecule has 0 atom stereocenters. The maximum atomic E-state index is 4.22. The minimum Gasteiger partial charge on any atom is -0.0952 e. The van der Waals surface area contributed by atoms with E-state index in [2.05, 4.69) is 39.5 Å². The molecule has 0 unspecified atom stereocenters. The van der Waals surface area contributed by atoms with E-state index >= 15 is 0 Å². The lowest BCUT2D eigenvalue weighted by Gasteiger charge is -2.29. The van der Waals surface area contributed by atoms with Crippen molar-refractivity contribution >= 4 is 5.57 Å². The molecule has 0 saturated heterocycles. The zero-order chi connectivity index (χ0) is 11.7. The minimum absolute atomic E-state index is 0.803. The van der Waals surface area contributed by atoms with Crippen molar-refractivity contribution in [3.63, 3.8) is 0 Å². The molecule has 0 aromatic heterocycles. The number of aryl methyl sites for hydroxylation is 2. The van der Waals surface area contributed by atoms with E-state index in [4.69, 9.17) is 0 Å². The third kappa shape index (κ3) is 1.93. The molecule has 1 aromatic rings. The highest BCUT2D eigenvalue weighted by Gasteiger charge is 2.23. The summed E-state index contributed by atoms with van der Waals surface area (Å²) in [7, 11) is 0. The number of allylic oxidation sites excluding steroid dienone is 1. The molecule has 0 heteroatoms. The molecule has 86 valence electrons. The molecule has 0 spiro atoms. The Balaban J connectivity index is 2.46. The van der Waals surface area contributed by atoms with Crippen LogP contribution in [0.3, 0.4) is 0 Å². The van der Waals surface area contributed by atoms with Gasteiger partial charge in [-0.15, -0.1) is 0 Å². The van der Waals surface area contributed by atoms with Crippen molar-refractivity contribution in [1.82, 2.24) is 0 Å². The van der Waals surface area contributed by atoms with Gasteiger partial charge >= 0.3 is 0 Å². The van der Waals surface area contributed by atoms with Crippen LogP contribution in [0.1, 0.15) is 60.8 Å². The van der Waals surface area contributed by atoms with Crippen molar-refractivity contribution < 1.29 is 0 Å². The number of hydrogen-bond acceptors (Lipinski definition) is 0. The van der Waals surface area contributed by atoms with Crippen molar-refractivity contribution in [3.8, 4) is 0 Å². The first kappa shape index (κ1) is 11.4. The summed E-state index contributed by atoms with van der Waals surface area (Å²) in [4.78, 5) is 0. The SMILES string of the molecule is C=C(CC)c1cc(C)c(C)cc1C1CCC1. The molecular formula is C16H22. The molecule has 1 aliphatic rings. The van der Waals surface area contributed by atoms with E-state index in [9.17, 15) is 0 Å². The van der Waals surface area contributed by atoms with E-state index in [0.29, 0.717) is 0 Å². The van der Waals surface area contributed by atoms with Gasteiger partial charge in [-0.05, 0) is 66.9 Å². The Hall–Kier alpha value is -1.04. The molecule has 1 saturated carbocycles. The van der Waals surface area contributed by atoms with Crippen molar-refractivity contribution in [3.05, 3.63) is 41.0 Å². The van der Waals surface area contributed by atoms with E-state index in [1.807, 2.05) is 0 Å². The van der Waals surface area contributed by atoms with Gasteiger partial charge in [0.05, 0.1) is 0 Å². The maximum Gasteiger partial charge on any atom is -0.0156 e. The molecule has 0 heterocycles. The van der Waals surface area contributed by atoms with Crippen molar-refractivity contribution in [2.45, 2.75) is 52.4 Å². The van der Waals surface area contributed by atoms with E-state index in [-0.39, 0.29) is 0 Å². The molecule has 0 radical (unpaired) electrons. The quantitative estimate of drug-likeness (QED) is 0.664. The summed E-state index contributed by atoms with van der Waals surface area (Å²) in [5, 5.41) is 0. The van der Waals surface area contributed by atoms with Crippen LogP contribution in [0, 0.1) is 13.8 Å². The largest absolute Gasteiger partial charge is 0.0952 e. The molecule has 2 rings (SSSR count). The molecule has 0 N–H and O–H groups in total. The van der Waals surface area contributed by atoms with Crippen LogP contribution in [0.5, 0.6) is 0 Å². The van der Waals surface area contributed by atoms with Crippen LogP contribution in [-0.4, -0.2) is 0 Å². The van der Waals surface area contributed by atoms with Crippen molar-refractivity contribution in [2.24, 2.45) is 0 Å². The summed E-state index contributed by atoms with van der Waals surface area (Å²) < 4.78 is 0. The number of rotatable bonds is 3. The monoisotopic (exact) mass is 214 g/mol. The second kappa shape index (κ2) is 4.45. The number of hydrogen-bond donors (Lipinski definition) is 0. The molecule has 1 aromatic carbocycles. The Morgan fingerprint density at radius 3 is 2.38 bits per heavy atom. The van der Waals surface area contributed by atoms with Crippen LogP contribution in [0.2, 0.25) is 0 Å². The Kier molecular flexibility index (Phi) is 3.18. The lowest BCUT2D eigenvalue weighted by atomic mass is 9.76. The first-order chi connectivity index (χ1) is 7.63. The molecule has 0 amide bonds. The molecule has 0 bridgehead atoms. The van der Waals surface area contributed by atoms with Gasteiger partial charge in [-0.3, -0.25) is 0 Å². The zero-order valence-electron chi connectivity index (χ0n) is 10.8. The highest BCUT2D eigenvalue weighted by atomic mass is 14.3. The predicted octanol–water partition coefficient (Wildman–Crippen LogP) is 4.99. The molecule has 0 aliphatic heterocycles. The van der Waals surface area contributed by atoms with Gasteiger partial charge in [0.1, 0.15) is 0 Å². The maximum absolute atomic E-state index is 4.22. The minimum atomic E-state index is 0.803.